The molecular formula is C14H22ClN3. The van der Waals surface area contributed by atoms with Crippen molar-refractivity contribution in [3.8, 4) is 0 Å². The number of pyridine rings is 1. The average Bonchev–Trinajstić information content (AvgIpc) is 2.40. The molecule has 1 fully saturated rings. The minimum Gasteiger partial charge on any atom is -0.355 e. The Bertz CT molecular complexity index is 347. The van der Waals surface area contributed by atoms with Crippen molar-refractivity contribution in [2.45, 2.75) is 38.6 Å². The highest BCUT2D eigenvalue weighted by atomic mass is 35.5. The third-order valence-corrected chi connectivity index (χ3v) is 3.61. The third kappa shape index (κ3) is 3.85. The first-order valence-electron chi connectivity index (χ1n) is 6.89. The molecule has 2 heterocycles. The van der Waals surface area contributed by atoms with Crippen LogP contribution in [0.3, 0.4) is 0 Å². The Morgan fingerprint density at radius 2 is 2.33 bits per heavy atom. The first-order valence-corrected chi connectivity index (χ1v) is 7.27. The first-order chi connectivity index (χ1) is 8.79. The van der Waals surface area contributed by atoms with Gasteiger partial charge in [-0.05, 0) is 37.9 Å². The molecule has 0 bridgehead atoms. The Morgan fingerprint density at radius 1 is 1.44 bits per heavy atom. The van der Waals surface area contributed by atoms with Gasteiger partial charge in [0.25, 0.3) is 0 Å². The van der Waals surface area contributed by atoms with Gasteiger partial charge in [-0.25, -0.2) is 4.98 Å². The van der Waals surface area contributed by atoms with Gasteiger partial charge in [-0.2, -0.15) is 0 Å². The molecule has 2 rings (SSSR count). The molecule has 0 aromatic carbocycles. The number of anilines is 1. The Hall–Kier alpha value is -0.800. The second-order valence-electron chi connectivity index (χ2n) is 4.93. The summed E-state index contributed by atoms with van der Waals surface area (Å²) in [7, 11) is 0. The van der Waals surface area contributed by atoms with E-state index in [1.807, 2.05) is 12.1 Å². The summed E-state index contributed by atoms with van der Waals surface area (Å²) >= 11 is 5.89. The van der Waals surface area contributed by atoms with E-state index in [4.69, 9.17) is 11.6 Å². The maximum atomic E-state index is 5.89. The summed E-state index contributed by atoms with van der Waals surface area (Å²) in [5.74, 6) is 1.04. The first kappa shape index (κ1) is 13.6. The van der Waals surface area contributed by atoms with Crippen molar-refractivity contribution in [2.75, 3.05) is 24.5 Å². The lowest BCUT2D eigenvalue weighted by Crippen LogP contribution is -2.44. The summed E-state index contributed by atoms with van der Waals surface area (Å²) in [6, 6.07) is 4.53. The van der Waals surface area contributed by atoms with Gasteiger partial charge >= 0.3 is 0 Å². The van der Waals surface area contributed by atoms with Gasteiger partial charge in [0, 0.05) is 25.3 Å². The quantitative estimate of drug-likeness (QED) is 0.889. The maximum Gasteiger partial charge on any atom is 0.128 e. The zero-order valence-corrected chi connectivity index (χ0v) is 11.8. The van der Waals surface area contributed by atoms with Crippen LogP contribution in [0.5, 0.6) is 0 Å². The fourth-order valence-electron chi connectivity index (χ4n) is 2.47. The largest absolute Gasteiger partial charge is 0.355 e. The van der Waals surface area contributed by atoms with E-state index in [1.54, 1.807) is 6.20 Å². The molecule has 0 saturated carbocycles. The number of nitrogens with one attached hydrogen (secondary N) is 1. The monoisotopic (exact) mass is 267 g/mol. The Kier molecular flexibility index (Phi) is 5.26. The standard InChI is InChI=1S/C14H22ClN3/c1-2-9-18(11-13-5-3-4-8-16-13)14-7-6-12(15)10-17-14/h6-7,10,13,16H,2-5,8-9,11H2,1H3. The third-order valence-electron chi connectivity index (χ3n) is 3.38. The highest BCUT2D eigenvalue weighted by Gasteiger charge is 2.17. The molecule has 1 aromatic heterocycles. The number of piperidine rings is 1. The Morgan fingerprint density at radius 3 is 2.94 bits per heavy atom. The SMILES string of the molecule is CCCN(CC1CCCCN1)c1ccc(Cl)cn1. The number of hydrogen-bond donors (Lipinski definition) is 1. The van der Waals surface area contributed by atoms with Crippen molar-refractivity contribution in [2.24, 2.45) is 0 Å². The fourth-order valence-corrected chi connectivity index (χ4v) is 2.58. The number of nitrogens with zero attached hydrogens (tertiary/aromatic N) is 2. The number of halogens is 1. The van der Waals surface area contributed by atoms with Gasteiger partial charge in [0.15, 0.2) is 0 Å². The van der Waals surface area contributed by atoms with Crippen LogP contribution in [0.1, 0.15) is 32.6 Å². The maximum absolute atomic E-state index is 5.89. The van der Waals surface area contributed by atoms with Gasteiger partial charge in [0.2, 0.25) is 0 Å². The van der Waals surface area contributed by atoms with Gasteiger partial charge in [0.05, 0.1) is 5.02 Å². The summed E-state index contributed by atoms with van der Waals surface area (Å²) in [6.45, 7) is 5.45. The second-order valence-corrected chi connectivity index (χ2v) is 5.36. The smallest absolute Gasteiger partial charge is 0.128 e. The van der Waals surface area contributed by atoms with Crippen molar-refractivity contribution in [1.29, 1.82) is 0 Å². The molecule has 18 heavy (non-hydrogen) atoms. The van der Waals surface area contributed by atoms with Crippen LogP contribution in [0.4, 0.5) is 5.82 Å². The minimum atomic E-state index is 0.600. The van der Waals surface area contributed by atoms with Crippen LogP contribution in [0.25, 0.3) is 0 Å². The van der Waals surface area contributed by atoms with Gasteiger partial charge in [-0.1, -0.05) is 24.9 Å². The zero-order chi connectivity index (χ0) is 12.8. The number of aromatic nitrogens is 1. The van der Waals surface area contributed by atoms with Crippen LogP contribution < -0.4 is 10.2 Å². The molecule has 0 spiro atoms. The van der Waals surface area contributed by atoms with Crippen molar-refractivity contribution in [1.82, 2.24) is 10.3 Å². The van der Waals surface area contributed by atoms with Crippen LogP contribution in [0, 0.1) is 0 Å². The van der Waals surface area contributed by atoms with Crippen LogP contribution >= 0.6 is 11.6 Å². The summed E-state index contributed by atoms with van der Waals surface area (Å²) in [5, 5.41) is 4.29. The van der Waals surface area contributed by atoms with Crippen molar-refractivity contribution < 1.29 is 0 Å². The van der Waals surface area contributed by atoms with E-state index in [-0.39, 0.29) is 0 Å². The van der Waals surface area contributed by atoms with E-state index in [2.05, 4.69) is 22.1 Å². The average molecular weight is 268 g/mol. The van der Waals surface area contributed by atoms with Crippen LogP contribution in [0.15, 0.2) is 18.3 Å². The predicted octanol–water partition coefficient (Wildman–Crippen LogP) is 3.09. The topological polar surface area (TPSA) is 28.2 Å². The fraction of sp³-hybridized carbons (Fsp3) is 0.643. The van der Waals surface area contributed by atoms with Crippen LogP contribution in [-0.2, 0) is 0 Å². The van der Waals surface area contributed by atoms with Crippen LogP contribution in [0.2, 0.25) is 5.02 Å². The molecule has 1 saturated heterocycles. The Balaban J connectivity index is 2.00. The lowest BCUT2D eigenvalue weighted by atomic mass is 10.0. The van der Waals surface area contributed by atoms with Gasteiger partial charge < -0.3 is 10.2 Å². The van der Waals surface area contributed by atoms with E-state index >= 15 is 0 Å². The molecule has 3 nitrogen and oxygen atoms in total. The molecule has 1 aliphatic rings. The van der Waals surface area contributed by atoms with Gasteiger partial charge in [0.1, 0.15) is 5.82 Å². The summed E-state index contributed by atoms with van der Waals surface area (Å²) < 4.78 is 0. The molecule has 1 aromatic rings. The predicted molar refractivity (Wildman–Crippen MR) is 77.4 cm³/mol. The van der Waals surface area contributed by atoms with Crippen molar-refractivity contribution in [3.05, 3.63) is 23.4 Å². The van der Waals surface area contributed by atoms with E-state index in [0.29, 0.717) is 11.1 Å². The molecule has 1 aliphatic heterocycles. The molecule has 4 heteroatoms. The lowest BCUT2D eigenvalue weighted by Gasteiger charge is -2.31. The van der Waals surface area contributed by atoms with E-state index in [9.17, 15) is 0 Å². The molecule has 0 radical (unpaired) electrons. The zero-order valence-electron chi connectivity index (χ0n) is 11.0. The van der Waals surface area contributed by atoms with Crippen molar-refractivity contribution >= 4 is 17.4 Å². The van der Waals surface area contributed by atoms with E-state index in [0.717, 1.165) is 31.9 Å². The molecule has 0 amide bonds. The number of rotatable bonds is 5. The van der Waals surface area contributed by atoms with Gasteiger partial charge in [-0.15, -0.1) is 0 Å². The molecule has 100 valence electrons. The molecule has 1 atom stereocenters. The van der Waals surface area contributed by atoms with Crippen LogP contribution in [-0.4, -0.2) is 30.7 Å². The highest BCUT2D eigenvalue weighted by molar-refractivity contribution is 6.30. The minimum absolute atomic E-state index is 0.600. The second kappa shape index (κ2) is 6.95. The molecule has 0 aliphatic carbocycles. The summed E-state index contributed by atoms with van der Waals surface area (Å²) in [5.41, 5.74) is 0. The summed E-state index contributed by atoms with van der Waals surface area (Å²) in [4.78, 5) is 6.79. The van der Waals surface area contributed by atoms with Gasteiger partial charge in [-0.3, -0.25) is 0 Å². The molecule has 1 N–H and O–H groups in total. The van der Waals surface area contributed by atoms with E-state index < -0.39 is 0 Å². The Labute approximate surface area is 115 Å². The normalized spacial score (nSPS) is 19.8. The van der Waals surface area contributed by atoms with Crippen molar-refractivity contribution in [3.63, 3.8) is 0 Å². The highest BCUT2D eigenvalue weighted by Crippen LogP contribution is 2.17. The molecule has 1 unspecified atom stereocenters. The summed E-state index contributed by atoms with van der Waals surface area (Å²) in [6.07, 6.45) is 6.79. The molecular weight excluding hydrogens is 246 g/mol. The lowest BCUT2D eigenvalue weighted by molar-refractivity contribution is 0.398. The number of hydrogen-bond acceptors (Lipinski definition) is 3. The van der Waals surface area contributed by atoms with E-state index in [1.165, 1.54) is 19.3 Å².